The molecule has 14 heavy (non-hydrogen) atoms. The molecule has 1 N–H and O–H groups in total. The molecule has 1 aromatic rings. The Labute approximate surface area is 91.8 Å². The molecule has 0 amide bonds. The zero-order valence-electron chi connectivity index (χ0n) is 8.21. The highest BCUT2D eigenvalue weighted by Crippen LogP contribution is 2.27. The van der Waals surface area contributed by atoms with Gasteiger partial charge in [-0.3, -0.25) is 0 Å². The average molecular weight is 261 g/mol. The van der Waals surface area contributed by atoms with Crippen LogP contribution in [0.3, 0.4) is 0 Å². The largest absolute Gasteiger partial charge is 0.467 e. The van der Waals surface area contributed by atoms with E-state index in [4.69, 9.17) is 14.6 Å². The third-order valence-corrected chi connectivity index (χ3v) is 2.35. The Bertz CT molecular complexity index is 312. The minimum atomic E-state index is -0.0296. The van der Waals surface area contributed by atoms with Crippen molar-refractivity contribution in [2.24, 2.45) is 0 Å². The summed E-state index contributed by atoms with van der Waals surface area (Å²) in [5.74, 6) is 0.654. The first-order valence-electron chi connectivity index (χ1n) is 4.20. The fourth-order valence-corrected chi connectivity index (χ4v) is 1.75. The van der Waals surface area contributed by atoms with Crippen LogP contribution >= 0.6 is 15.9 Å². The predicted molar refractivity (Wildman–Crippen MR) is 57.3 cm³/mol. The van der Waals surface area contributed by atoms with Crippen LogP contribution in [0.2, 0.25) is 0 Å². The summed E-state index contributed by atoms with van der Waals surface area (Å²) in [7, 11) is 1.56. The lowest BCUT2D eigenvalue weighted by molar-refractivity contribution is 0.0494. The van der Waals surface area contributed by atoms with Crippen molar-refractivity contribution in [2.45, 2.75) is 13.5 Å². The standard InChI is InChI=1S/C10H13BrO3/c1-7-3-8(11)4-10(9(7)5-12)14-6-13-2/h3-4,12H,5-6H2,1-2H3. The molecule has 0 spiro atoms. The molecule has 0 radical (unpaired) electrons. The van der Waals surface area contributed by atoms with Gasteiger partial charge in [0.2, 0.25) is 0 Å². The molecule has 78 valence electrons. The van der Waals surface area contributed by atoms with Crippen molar-refractivity contribution in [2.75, 3.05) is 13.9 Å². The normalized spacial score (nSPS) is 10.3. The molecule has 0 aliphatic carbocycles. The van der Waals surface area contributed by atoms with E-state index in [0.717, 1.165) is 15.6 Å². The van der Waals surface area contributed by atoms with Gasteiger partial charge in [0.1, 0.15) is 5.75 Å². The number of ether oxygens (including phenoxy) is 2. The maximum Gasteiger partial charge on any atom is 0.188 e. The Hall–Kier alpha value is -0.580. The lowest BCUT2D eigenvalue weighted by Crippen LogP contribution is -2.03. The first kappa shape index (κ1) is 11.5. The molecule has 0 saturated carbocycles. The molecule has 1 aromatic carbocycles. The molecule has 0 heterocycles. The number of hydrogen-bond acceptors (Lipinski definition) is 3. The SMILES string of the molecule is COCOc1cc(Br)cc(C)c1CO. The molecule has 4 heteroatoms. The van der Waals surface area contributed by atoms with Crippen LogP contribution in [0.1, 0.15) is 11.1 Å². The molecule has 0 aliphatic heterocycles. The highest BCUT2D eigenvalue weighted by Gasteiger charge is 2.07. The number of rotatable bonds is 4. The number of aryl methyl sites for hydroxylation is 1. The molecule has 0 aromatic heterocycles. The van der Waals surface area contributed by atoms with Crippen molar-refractivity contribution in [3.05, 3.63) is 27.7 Å². The number of aliphatic hydroxyl groups is 1. The van der Waals surface area contributed by atoms with E-state index in [1.807, 2.05) is 19.1 Å². The van der Waals surface area contributed by atoms with Crippen LogP contribution < -0.4 is 4.74 Å². The summed E-state index contributed by atoms with van der Waals surface area (Å²) in [6.07, 6.45) is 0. The zero-order valence-corrected chi connectivity index (χ0v) is 9.80. The van der Waals surface area contributed by atoms with Gasteiger partial charge in [-0.15, -0.1) is 0 Å². The van der Waals surface area contributed by atoms with Gasteiger partial charge < -0.3 is 14.6 Å². The van der Waals surface area contributed by atoms with E-state index in [0.29, 0.717) is 5.75 Å². The van der Waals surface area contributed by atoms with Crippen LogP contribution in [0.5, 0.6) is 5.75 Å². The van der Waals surface area contributed by atoms with E-state index in [1.54, 1.807) is 7.11 Å². The van der Waals surface area contributed by atoms with Gasteiger partial charge in [-0.25, -0.2) is 0 Å². The summed E-state index contributed by atoms with van der Waals surface area (Å²) in [6, 6.07) is 3.75. The predicted octanol–water partition coefficient (Wildman–Crippen LogP) is 2.23. The van der Waals surface area contributed by atoms with Crippen LogP contribution in [0.25, 0.3) is 0 Å². The van der Waals surface area contributed by atoms with Gasteiger partial charge >= 0.3 is 0 Å². The highest BCUT2D eigenvalue weighted by molar-refractivity contribution is 9.10. The van der Waals surface area contributed by atoms with E-state index in [-0.39, 0.29) is 13.4 Å². The van der Waals surface area contributed by atoms with Gasteiger partial charge in [0.15, 0.2) is 6.79 Å². The lowest BCUT2D eigenvalue weighted by Gasteiger charge is -2.12. The van der Waals surface area contributed by atoms with Gasteiger partial charge in [0.05, 0.1) is 6.61 Å². The second-order valence-electron chi connectivity index (χ2n) is 2.91. The van der Waals surface area contributed by atoms with Crippen molar-refractivity contribution < 1.29 is 14.6 Å². The van der Waals surface area contributed by atoms with Crippen molar-refractivity contribution in [3.8, 4) is 5.75 Å². The topological polar surface area (TPSA) is 38.7 Å². The van der Waals surface area contributed by atoms with Crippen LogP contribution in [0, 0.1) is 6.92 Å². The smallest absolute Gasteiger partial charge is 0.188 e. The number of halogens is 1. The van der Waals surface area contributed by atoms with E-state index in [9.17, 15) is 0 Å². The molecule has 0 bridgehead atoms. The van der Waals surface area contributed by atoms with Crippen LogP contribution in [0.15, 0.2) is 16.6 Å². The molecule has 0 unspecified atom stereocenters. The quantitative estimate of drug-likeness (QED) is 0.845. The van der Waals surface area contributed by atoms with E-state index in [1.165, 1.54) is 0 Å². The minimum absolute atomic E-state index is 0.0296. The Morgan fingerprint density at radius 1 is 1.43 bits per heavy atom. The van der Waals surface area contributed by atoms with Crippen LogP contribution in [0.4, 0.5) is 0 Å². The van der Waals surface area contributed by atoms with Crippen LogP contribution in [-0.4, -0.2) is 19.0 Å². The third-order valence-electron chi connectivity index (χ3n) is 1.89. The Balaban J connectivity index is 2.99. The fourth-order valence-electron chi connectivity index (χ4n) is 1.20. The Kier molecular flexibility index (Phi) is 4.38. The minimum Gasteiger partial charge on any atom is -0.467 e. The summed E-state index contributed by atoms with van der Waals surface area (Å²) in [6.45, 7) is 2.08. The number of methoxy groups -OCH3 is 1. The summed E-state index contributed by atoms with van der Waals surface area (Å²) in [4.78, 5) is 0. The molecular weight excluding hydrogens is 248 g/mol. The maximum atomic E-state index is 9.15. The zero-order chi connectivity index (χ0) is 10.6. The summed E-state index contributed by atoms with van der Waals surface area (Å²) in [5.41, 5.74) is 1.79. The summed E-state index contributed by atoms with van der Waals surface area (Å²) >= 11 is 3.37. The molecule has 0 fully saturated rings. The van der Waals surface area contributed by atoms with Gasteiger partial charge in [-0.2, -0.15) is 0 Å². The highest BCUT2D eigenvalue weighted by atomic mass is 79.9. The molecule has 1 rings (SSSR count). The number of benzene rings is 1. The Morgan fingerprint density at radius 3 is 2.71 bits per heavy atom. The van der Waals surface area contributed by atoms with E-state index < -0.39 is 0 Å². The Morgan fingerprint density at radius 2 is 2.14 bits per heavy atom. The van der Waals surface area contributed by atoms with Crippen molar-refractivity contribution in [1.82, 2.24) is 0 Å². The molecular formula is C10H13BrO3. The number of aliphatic hydroxyl groups excluding tert-OH is 1. The summed E-state index contributed by atoms with van der Waals surface area (Å²) in [5, 5.41) is 9.15. The van der Waals surface area contributed by atoms with Crippen molar-refractivity contribution in [1.29, 1.82) is 0 Å². The van der Waals surface area contributed by atoms with Crippen molar-refractivity contribution >= 4 is 15.9 Å². The first-order valence-corrected chi connectivity index (χ1v) is 5.00. The third kappa shape index (κ3) is 2.70. The molecule has 3 nitrogen and oxygen atoms in total. The van der Waals surface area contributed by atoms with Crippen LogP contribution in [-0.2, 0) is 11.3 Å². The summed E-state index contributed by atoms with van der Waals surface area (Å²) < 4.78 is 11.1. The molecule has 0 atom stereocenters. The van der Waals surface area contributed by atoms with E-state index >= 15 is 0 Å². The number of hydrogen-bond donors (Lipinski definition) is 1. The van der Waals surface area contributed by atoms with E-state index in [2.05, 4.69) is 15.9 Å². The van der Waals surface area contributed by atoms with Gasteiger partial charge in [-0.1, -0.05) is 15.9 Å². The lowest BCUT2D eigenvalue weighted by atomic mass is 10.1. The second kappa shape index (κ2) is 5.34. The van der Waals surface area contributed by atoms with Gasteiger partial charge in [-0.05, 0) is 24.6 Å². The van der Waals surface area contributed by atoms with Gasteiger partial charge in [0, 0.05) is 17.1 Å². The van der Waals surface area contributed by atoms with Gasteiger partial charge in [0.25, 0.3) is 0 Å². The first-order chi connectivity index (χ1) is 6.69. The second-order valence-corrected chi connectivity index (χ2v) is 3.82. The average Bonchev–Trinajstić information content (AvgIpc) is 2.14. The fraction of sp³-hybridized carbons (Fsp3) is 0.400. The van der Waals surface area contributed by atoms with Crippen molar-refractivity contribution in [3.63, 3.8) is 0 Å². The maximum absolute atomic E-state index is 9.15. The monoisotopic (exact) mass is 260 g/mol. The molecule has 0 aliphatic rings. The molecule has 0 saturated heterocycles.